The van der Waals surface area contributed by atoms with Crippen LogP contribution in [-0.4, -0.2) is 17.3 Å². The van der Waals surface area contributed by atoms with E-state index < -0.39 is 10.7 Å². The lowest BCUT2D eigenvalue weighted by atomic mass is 10.1. The van der Waals surface area contributed by atoms with Gasteiger partial charge in [-0.3, -0.25) is 14.9 Å². The summed E-state index contributed by atoms with van der Waals surface area (Å²) in [6.45, 7) is -0.216. The Kier molecular flexibility index (Phi) is 4.61. The molecule has 0 radical (unpaired) electrons. The van der Waals surface area contributed by atoms with Crippen molar-refractivity contribution < 1.29 is 18.8 Å². The van der Waals surface area contributed by atoms with E-state index in [0.717, 1.165) is 0 Å². The molecule has 0 aromatic heterocycles. The Labute approximate surface area is 120 Å². The Balaban J connectivity index is 1.89. The van der Waals surface area contributed by atoms with Gasteiger partial charge in [0.1, 0.15) is 18.2 Å². The van der Waals surface area contributed by atoms with Crippen molar-refractivity contribution in [3.63, 3.8) is 0 Å². The van der Waals surface area contributed by atoms with Crippen molar-refractivity contribution in [2.75, 3.05) is 6.61 Å². The van der Waals surface area contributed by atoms with E-state index >= 15 is 0 Å². The largest absolute Gasteiger partial charge is 0.486 e. The number of nitro benzene ring substituents is 1. The maximum atomic E-state index is 13.4. The van der Waals surface area contributed by atoms with Crippen molar-refractivity contribution in [1.82, 2.24) is 0 Å². The fourth-order valence-corrected chi connectivity index (χ4v) is 1.73. The number of carbonyl (C=O) groups is 1. The number of halogens is 1. The summed E-state index contributed by atoms with van der Waals surface area (Å²) >= 11 is 0. The average Bonchev–Trinajstić information content (AvgIpc) is 2.48. The first-order chi connectivity index (χ1) is 10.1. The summed E-state index contributed by atoms with van der Waals surface area (Å²) in [4.78, 5) is 21.7. The molecule has 0 bridgehead atoms. The molecule has 2 aromatic rings. The van der Waals surface area contributed by atoms with Crippen LogP contribution in [0.5, 0.6) is 5.75 Å². The maximum absolute atomic E-state index is 13.4. The van der Waals surface area contributed by atoms with Gasteiger partial charge in [-0.1, -0.05) is 18.2 Å². The predicted octanol–water partition coefficient (Wildman–Crippen LogP) is 2.92. The van der Waals surface area contributed by atoms with Crippen molar-refractivity contribution in [1.29, 1.82) is 0 Å². The number of ether oxygens (including phenoxy) is 1. The van der Waals surface area contributed by atoms with Gasteiger partial charge >= 0.3 is 0 Å². The van der Waals surface area contributed by atoms with E-state index in [-0.39, 0.29) is 24.5 Å². The molecule has 108 valence electrons. The quantitative estimate of drug-likeness (QED) is 0.605. The Hall–Kier alpha value is -2.76. The van der Waals surface area contributed by atoms with Gasteiger partial charge in [-0.15, -0.1) is 0 Å². The van der Waals surface area contributed by atoms with Gasteiger partial charge in [0, 0.05) is 18.6 Å². The zero-order chi connectivity index (χ0) is 15.2. The molecule has 5 nitrogen and oxygen atoms in total. The molecule has 2 rings (SSSR count). The highest BCUT2D eigenvalue weighted by atomic mass is 19.1. The van der Waals surface area contributed by atoms with E-state index in [1.54, 1.807) is 18.2 Å². The normalized spacial score (nSPS) is 10.1. The SMILES string of the molecule is O=C(COc1ccc([N+](=O)[O-])cc1)Cc1ccccc1F. The number of Topliss-reactive ketones (excluding diaryl/α,β-unsaturated/α-hetero) is 1. The number of non-ortho nitro benzene ring substituents is 1. The van der Waals surface area contributed by atoms with Crippen LogP contribution in [0.3, 0.4) is 0 Å². The minimum atomic E-state index is -0.521. The maximum Gasteiger partial charge on any atom is 0.269 e. The number of hydrogen-bond donors (Lipinski definition) is 0. The average molecular weight is 289 g/mol. The smallest absolute Gasteiger partial charge is 0.269 e. The second-order valence-corrected chi connectivity index (χ2v) is 4.35. The first kappa shape index (κ1) is 14.6. The zero-order valence-corrected chi connectivity index (χ0v) is 11.0. The van der Waals surface area contributed by atoms with Gasteiger partial charge in [0.15, 0.2) is 5.78 Å². The number of ketones is 1. The van der Waals surface area contributed by atoms with Crippen molar-refractivity contribution in [2.24, 2.45) is 0 Å². The van der Waals surface area contributed by atoms with Crippen molar-refractivity contribution in [3.8, 4) is 5.75 Å². The van der Waals surface area contributed by atoms with Crippen LogP contribution in [0.4, 0.5) is 10.1 Å². The summed E-state index contributed by atoms with van der Waals surface area (Å²) in [5.74, 6) is -0.359. The van der Waals surface area contributed by atoms with E-state index in [4.69, 9.17) is 4.74 Å². The van der Waals surface area contributed by atoms with E-state index in [9.17, 15) is 19.3 Å². The van der Waals surface area contributed by atoms with Crippen LogP contribution in [0.1, 0.15) is 5.56 Å². The first-order valence-electron chi connectivity index (χ1n) is 6.18. The van der Waals surface area contributed by atoms with Gasteiger partial charge in [-0.25, -0.2) is 4.39 Å². The minimum absolute atomic E-state index is 0.0555. The zero-order valence-electron chi connectivity index (χ0n) is 11.0. The summed E-state index contributed by atoms with van der Waals surface area (Å²) in [5.41, 5.74) is 0.259. The molecule has 0 unspecified atom stereocenters. The third-order valence-electron chi connectivity index (χ3n) is 2.79. The molecule has 0 aliphatic rings. The Morgan fingerprint density at radius 2 is 1.81 bits per heavy atom. The molecule has 21 heavy (non-hydrogen) atoms. The number of carbonyl (C=O) groups excluding carboxylic acids is 1. The number of hydrogen-bond acceptors (Lipinski definition) is 4. The molecular formula is C15H12FNO4. The molecule has 0 saturated carbocycles. The molecule has 0 amide bonds. The third-order valence-corrected chi connectivity index (χ3v) is 2.79. The van der Waals surface area contributed by atoms with E-state index in [2.05, 4.69) is 0 Å². The van der Waals surface area contributed by atoms with Crippen LogP contribution < -0.4 is 4.74 Å². The second-order valence-electron chi connectivity index (χ2n) is 4.35. The van der Waals surface area contributed by atoms with Gasteiger partial charge in [-0.05, 0) is 23.8 Å². The van der Waals surface area contributed by atoms with Gasteiger partial charge < -0.3 is 4.74 Å². The van der Waals surface area contributed by atoms with Crippen molar-refractivity contribution >= 4 is 11.5 Å². The molecule has 0 fully saturated rings. The van der Waals surface area contributed by atoms with Crippen LogP contribution in [0, 0.1) is 15.9 Å². The Morgan fingerprint density at radius 1 is 1.14 bits per heavy atom. The van der Waals surface area contributed by atoms with Crippen LogP contribution >= 0.6 is 0 Å². The van der Waals surface area contributed by atoms with Crippen LogP contribution in [-0.2, 0) is 11.2 Å². The molecule has 0 aliphatic carbocycles. The van der Waals surface area contributed by atoms with Crippen LogP contribution in [0.2, 0.25) is 0 Å². The van der Waals surface area contributed by atoms with Gasteiger partial charge in [0.25, 0.3) is 5.69 Å². The highest BCUT2D eigenvalue weighted by molar-refractivity contribution is 5.82. The van der Waals surface area contributed by atoms with Crippen molar-refractivity contribution in [2.45, 2.75) is 6.42 Å². The molecule has 0 heterocycles. The number of nitrogens with zero attached hydrogens (tertiary/aromatic N) is 1. The number of benzene rings is 2. The highest BCUT2D eigenvalue weighted by Crippen LogP contribution is 2.17. The topological polar surface area (TPSA) is 69.4 Å². The Bertz CT molecular complexity index is 655. The Morgan fingerprint density at radius 3 is 2.43 bits per heavy atom. The van der Waals surface area contributed by atoms with E-state index in [0.29, 0.717) is 11.3 Å². The summed E-state index contributed by atoms with van der Waals surface area (Å²) in [5, 5.41) is 10.5. The summed E-state index contributed by atoms with van der Waals surface area (Å²) in [6.07, 6.45) is -0.0559. The van der Waals surface area contributed by atoms with Crippen LogP contribution in [0.15, 0.2) is 48.5 Å². The van der Waals surface area contributed by atoms with Gasteiger partial charge in [0.05, 0.1) is 4.92 Å². The molecule has 0 aliphatic heterocycles. The van der Waals surface area contributed by atoms with Gasteiger partial charge in [-0.2, -0.15) is 0 Å². The molecule has 0 atom stereocenters. The highest BCUT2D eigenvalue weighted by Gasteiger charge is 2.09. The first-order valence-corrected chi connectivity index (χ1v) is 6.18. The standard InChI is InChI=1S/C15H12FNO4/c16-15-4-2-1-3-11(15)9-13(18)10-21-14-7-5-12(6-8-14)17(19)20/h1-8H,9-10H2. The molecule has 0 spiro atoms. The lowest BCUT2D eigenvalue weighted by molar-refractivity contribution is -0.384. The molecule has 0 saturated heterocycles. The lowest BCUT2D eigenvalue weighted by Crippen LogP contribution is -2.14. The predicted molar refractivity (Wildman–Crippen MR) is 73.7 cm³/mol. The van der Waals surface area contributed by atoms with Gasteiger partial charge in [0.2, 0.25) is 0 Å². The molecular weight excluding hydrogens is 277 g/mol. The lowest BCUT2D eigenvalue weighted by Gasteiger charge is -2.06. The van der Waals surface area contributed by atoms with E-state index in [1.807, 2.05) is 0 Å². The van der Waals surface area contributed by atoms with E-state index in [1.165, 1.54) is 30.3 Å². The second kappa shape index (κ2) is 6.60. The summed E-state index contributed by atoms with van der Waals surface area (Å²) in [6, 6.07) is 11.4. The number of nitro groups is 1. The van der Waals surface area contributed by atoms with Crippen molar-refractivity contribution in [3.05, 3.63) is 70.0 Å². The number of rotatable bonds is 6. The molecule has 0 N–H and O–H groups in total. The minimum Gasteiger partial charge on any atom is -0.486 e. The molecule has 6 heteroatoms. The summed E-state index contributed by atoms with van der Waals surface area (Å²) in [7, 11) is 0. The van der Waals surface area contributed by atoms with Crippen LogP contribution in [0.25, 0.3) is 0 Å². The summed E-state index contributed by atoms with van der Waals surface area (Å²) < 4.78 is 18.6. The fourth-order valence-electron chi connectivity index (χ4n) is 1.73. The fraction of sp³-hybridized carbons (Fsp3) is 0.133. The monoisotopic (exact) mass is 289 g/mol. The molecule has 2 aromatic carbocycles. The third kappa shape index (κ3) is 4.10.